The predicted molar refractivity (Wildman–Crippen MR) is 161 cm³/mol. The number of nitrogens with one attached hydrogen (secondary N) is 3. The van der Waals surface area contributed by atoms with Crippen LogP contribution in [-0.2, 0) is 10.8 Å². The molecule has 7 N–H and O–H groups in total. The zero-order chi connectivity index (χ0) is 32.4. The number of methoxy groups -OCH3 is 1. The molecule has 3 aromatic rings. The van der Waals surface area contributed by atoms with Crippen molar-refractivity contribution in [2.45, 2.75) is 69.0 Å². The van der Waals surface area contributed by atoms with E-state index in [1.807, 2.05) is 12.1 Å². The van der Waals surface area contributed by atoms with Gasteiger partial charge < -0.3 is 35.8 Å². The van der Waals surface area contributed by atoms with Gasteiger partial charge in [-0.2, -0.15) is 0 Å². The highest BCUT2D eigenvalue weighted by Gasteiger charge is 2.38. The highest BCUT2D eigenvalue weighted by molar-refractivity contribution is 6.06. The second-order valence-corrected chi connectivity index (χ2v) is 11.2. The third-order valence-electron chi connectivity index (χ3n) is 7.90. The number of fused-ring (bicyclic) bond motifs is 1. The van der Waals surface area contributed by atoms with Crippen LogP contribution in [0.25, 0.3) is 11.1 Å². The van der Waals surface area contributed by atoms with Crippen LogP contribution >= 0.6 is 0 Å². The van der Waals surface area contributed by atoms with Crippen molar-refractivity contribution in [1.82, 2.24) is 35.3 Å². The molecule has 0 aromatic carbocycles. The number of urea groups is 1. The van der Waals surface area contributed by atoms with Gasteiger partial charge in [0.05, 0.1) is 18.4 Å². The van der Waals surface area contributed by atoms with Crippen molar-refractivity contribution in [2.24, 2.45) is 0 Å². The minimum atomic E-state index is -3.04. The molecule has 242 valence electrons. The van der Waals surface area contributed by atoms with Crippen molar-refractivity contribution in [3.63, 3.8) is 0 Å². The van der Waals surface area contributed by atoms with E-state index in [2.05, 4.69) is 35.6 Å². The van der Waals surface area contributed by atoms with E-state index < -0.39 is 12.4 Å². The van der Waals surface area contributed by atoms with Gasteiger partial charge in [-0.3, -0.25) is 10.3 Å². The maximum Gasteiger partial charge on any atom is 0.332 e. The Morgan fingerprint density at radius 1 is 1.02 bits per heavy atom. The molecule has 3 aliphatic rings. The minimum Gasteiger partial charge on any atom is -0.467 e. The summed E-state index contributed by atoms with van der Waals surface area (Å²) >= 11 is 0. The quantitative estimate of drug-likeness (QED) is 0.171. The van der Waals surface area contributed by atoms with E-state index in [0.717, 1.165) is 36.4 Å². The first-order valence-corrected chi connectivity index (χ1v) is 14.7. The van der Waals surface area contributed by atoms with Crippen LogP contribution < -0.4 is 20.3 Å². The largest absolute Gasteiger partial charge is 0.467 e. The van der Waals surface area contributed by atoms with E-state index in [4.69, 9.17) is 15.0 Å². The fourth-order valence-electron chi connectivity index (χ4n) is 5.33. The molecule has 4 heterocycles. The molecule has 2 fully saturated rings. The van der Waals surface area contributed by atoms with E-state index in [0.29, 0.717) is 36.6 Å². The van der Waals surface area contributed by atoms with E-state index >= 15 is 0 Å². The number of anilines is 2. The van der Waals surface area contributed by atoms with E-state index in [-0.39, 0.29) is 53.1 Å². The number of aliphatic hydroxyl groups is 4. The Kier molecular flexibility index (Phi) is 8.74. The molecular formula is C29H34N10O7. The summed E-state index contributed by atoms with van der Waals surface area (Å²) in [6.45, 7) is 0. The van der Waals surface area contributed by atoms with Crippen LogP contribution in [0.2, 0.25) is 0 Å². The highest BCUT2D eigenvalue weighted by Crippen LogP contribution is 2.32. The molecule has 6 rings (SSSR count). The molecule has 0 unspecified atom stereocenters. The predicted octanol–water partition coefficient (Wildman–Crippen LogP) is 0.931. The molecule has 3 aromatic heterocycles. The van der Waals surface area contributed by atoms with Crippen LogP contribution in [0, 0.1) is 5.41 Å². The maximum atomic E-state index is 13.4. The first-order chi connectivity index (χ1) is 22.1. The van der Waals surface area contributed by atoms with Gasteiger partial charge in [0.1, 0.15) is 11.5 Å². The second kappa shape index (κ2) is 12.9. The standard InChI is InChI=1S/C29H34N10O7/c1-45-26-33-13-17(14-34-26)16-2-9-23(31-12-16)39(27(40)36-19-3-4-19)20-7-5-18(6-8-20)35-25-32-15-21-24(37-25)22(30)10-11-38(28(41)42)46-29(21,43)44/h2,9-15,18-20,28,30,41-44H,3-8H2,1H3,(H,36,40)(H,32,35,37)/b11-10-,30-22?/t18-,20-. The smallest absolute Gasteiger partial charge is 0.332 e. The topological polar surface area (TPSA) is 235 Å². The van der Waals surface area contributed by atoms with Gasteiger partial charge in [-0.25, -0.2) is 39.6 Å². The summed E-state index contributed by atoms with van der Waals surface area (Å²) in [5.41, 5.74) is 0.872. The van der Waals surface area contributed by atoms with Crippen molar-refractivity contribution >= 4 is 23.5 Å². The number of rotatable bonds is 8. The number of nitrogens with zero attached hydrogens (tertiary/aromatic N) is 7. The summed E-state index contributed by atoms with van der Waals surface area (Å²) in [5, 5.41) is 54.7. The van der Waals surface area contributed by atoms with E-state index in [1.165, 1.54) is 13.2 Å². The van der Waals surface area contributed by atoms with Gasteiger partial charge in [0.25, 0.3) is 6.41 Å². The van der Waals surface area contributed by atoms with Gasteiger partial charge in [-0.1, -0.05) is 0 Å². The number of carbonyl (C=O) groups excluding carboxylic acids is 1. The lowest BCUT2D eigenvalue weighted by Gasteiger charge is -2.36. The summed E-state index contributed by atoms with van der Waals surface area (Å²) in [6, 6.07) is 3.78. The SMILES string of the molecule is COc1ncc(-c2ccc(N(C(=O)NC3CC3)[C@H]3CC[C@H](Nc4ncc5c(n4)C(=N)/C=C\N(C(O)O)OC5(O)O)CC3)nc2)cn1. The molecule has 1 aliphatic heterocycles. The van der Waals surface area contributed by atoms with E-state index in [9.17, 15) is 25.2 Å². The number of allylic oxidation sites excluding steroid dienone is 1. The van der Waals surface area contributed by atoms with Gasteiger partial charge in [0.2, 0.25) is 5.95 Å². The molecule has 2 amide bonds. The van der Waals surface area contributed by atoms with E-state index in [1.54, 1.807) is 23.5 Å². The molecule has 0 bridgehead atoms. The lowest BCUT2D eigenvalue weighted by atomic mass is 9.90. The third-order valence-corrected chi connectivity index (χ3v) is 7.90. The van der Waals surface area contributed by atoms with Crippen LogP contribution in [0.3, 0.4) is 0 Å². The van der Waals surface area contributed by atoms with Crippen molar-refractivity contribution in [1.29, 1.82) is 5.41 Å². The highest BCUT2D eigenvalue weighted by atomic mass is 16.9. The Morgan fingerprint density at radius 3 is 2.35 bits per heavy atom. The number of hydrogen-bond acceptors (Lipinski definition) is 15. The molecule has 2 aliphatic carbocycles. The molecule has 2 saturated carbocycles. The van der Waals surface area contributed by atoms with Gasteiger partial charge >= 0.3 is 18.0 Å². The number of ether oxygens (including phenoxy) is 1. The number of aromatic nitrogens is 5. The van der Waals surface area contributed by atoms with Crippen LogP contribution in [0.15, 0.2) is 49.2 Å². The molecule has 0 atom stereocenters. The van der Waals surface area contributed by atoms with Crippen LogP contribution in [0.1, 0.15) is 49.8 Å². The number of carbonyl (C=O) groups is 1. The maximum absolute atomic E-state index is 13.4. The Labute approximate surface area is 263 Å². The molecule has 0 spiro atoms. The van der Waals surface area contributed by atoms with Crippen LogP contribution in [-0.4, -0.2) is 93.8 Å². The Morgan fingerprint density at radius 2 is 1.72 bits per heavy atom. The molecule has 0 saturated heterocycles. The molecule has 17 nitrogen and oxygen atoms in total. The van der Waals surface area contributed by atoms with Crippen LogP contribution in [0.5, 0.6) is 6.01 Å². The molecule has 0 radical (unpaired) electrons. The second-order valence-electron chi connectivity index (χ2n) is 11.2. The Hall–Kier alpha value is -4.81. The number of pyridine rings is 1. The first-order valence-electron chi connectivity index (χ1n) is 14.7. The molecule has 46 heavy (non-hydrogen) atoms. The van der Waals surface area contributed by atoms with Gasteiger partial charge in [-0.05, 0) is 56.7 Å². The van der Waals surface area contributed by atoms with Gasteiger partial charge in [-0.15, -0.1) is 0 Å². The minimum absolute atomic E-state index is 0.0596. The van der Waals surface area contributed by atoms with Crippen molar-refractivity contribution in [3.8, 4) is 17.1 Å². The lowest BCUT2D eigenvalue weighted by molar-refractivity contribution is -0.456. The number of hydrogen-bond donors (Lipinski definition) is 7. The fraction of sp³-hybridized carbons (Fsp3) is 0.414. The molecule has 17 heteroatoms. The van der Waals surface area contributed by atoms with Crippen molar-refractivity contribution in [2.75, 3.05) is 17.3 Å². The van der Waals surface area contributed by atoms with Crippen molar-refractivity contribution in [3.05, 3.63) is 60.5 Å². The summed E-state index contributed by atoms with van der Waals surface area (Å²) in [5.74, 6) is -2.33. The fourth-order valence-corrected chi connectivity index (χ4v) is 5.33. The Balaban J connectivity index is 1.14. The average Bonchev–Trinajstić information content (AvgIpc) is 3.87. The normalized spacial score (nSPS) is 21.5. The van der Waals surface area contributed by atoms with Crippen LogP contribution in [0.4, 0.5) is 16.6 Å². The number of hydroxylamine groups is 2. The zero-order valence-corrected chi connectivity index (χ0v) is 24.8. The monoisotopic (exact) mass is 634 g/mol. The van der Waals surface area contributed by atoms with Crippen molar-refractivity contribution < 1.29 is 34.8 Å². The Bertz CT molecular complexity index is 1590. The number of amides is 2. The first kappa shape index (κ1) is 31.2. The summed E-state index contributed by atoms with van der Waals surface area (Å²) < 4.78 is 5.03. The summed E-state index contributed by atoms with van der Waals surface area (Å²) in [7, 11) is 1.50. The van der Waals surface area contributed by atoms with Gasteiger partial charge in [0, 0.05) is 60.2 Å². The van der Waals surface area contributed by atoms with Gasteiger partial charge in [0.15, 0.2) is 0 Å². The average molecular weight is 635 g/mol. The zero-order valence-electron chi connectivity index (χ0n) is 24.8. The lowest BCUT2D eigenvalue weighted by Crippen LogP contribution is -2.49. The summed E-state index contributed by atoms with van der Waals surface area (Å²) in [6.07, 6.45) is 10.6. The summed E-state index contributed by atoms with van der Waals surface area (Å²) in [4.78, 5) is 41.5. The third kappa shape index (κ3) is 6.87. The molecular weight excluding hydrogens is 600 g/mol. The number of aliphatic hydroxyl groups excluding tert-OH is 1.